The molecule has 0 fully saturated rings. The van der Waals surface area contributed by atoms with E-state index in [4.69, 9.17) is 4.52 Å². The molecule has 0 radical (unpaired) electrons. The SMILES string of the molecule is Cc1cc(NC(=O)CNS(=O)(=O)c2ccc3c(c2)CCC(=O)N3C)no1. The lowest BCUT2D eigenvalue weighted by Gasteiger charge is -2.26. The Morgan fingerprint density at radius 2 is 2.08 bits per heavy atom. The van der Waals surface area contributed by atoms with E-state index in [1.165, 1.54) is 23.1 Å². The molecule has 0 aliphatic carbocycles. The summed E-state index contributed by atoms with van der Waals surface area (Å²) in [5.41, 5.74) is 1.47. The maximum absolute atomic E-state index is 12.4. The second-order valence-corrected chi connectivity index (χ2v) is 7.71. The number of hydrogen-bond donors (Lipinski definition) is 2. The maximum atomic E-state index is 12.4. The number of aromatic nitrogens is 1. The van der Waals surface area contributed by atoms with Crippen LogP contribution in [0.3, 0.4) is 0 Å². The van der Waals surface area contributed by atoms with Crippen molar-refractivity contribution >= 4 is 33.3 Å². The molecule has 2 amide bonds. The number of aryl methyl sites for hydroxylation is 2. The second kappa shape index (κ2) is 6.89. The summed E-state index contributed by atoms with van der Waals surface area (Å²) in [6.45, 7) is 1.23. The molecular weight excluding hydrogens is 360 g/mol. The third-order valence-electron chi connectivity index (χ3n) is 4.02. The van der Waals surface area contributed by atoms with Gasteiger partial charge in [-0.25, -0.2) is 13.1 Å². The molecule has 1 aromatic heterocycles. The summed E-state index contributed by atoms with van der Waals surface area (Å²) in [5.74, 6) is 0.169. The zero-order chi connectivity index (χ0) is 18.9. The Morgan fingerprint density at radius 1 is 1.31 bits per heavy atom. The molecule has 26 heavy (non-hydrogen) atoms. The molecular formula is C16H18N4O5S. The lowest BCUT2D eigenvalue weighted by atomic mass is 10.0. The van der Waals surface area contributed by atoms with Crippen molar-refractivity contribution in [3.63, 3.8) is 0 Å². The highest BCUT2D eigenvalue weighted by Gasteiger charge is 2.24. The zero-order valence-corrected chi connectivity index (χ0v) is 15.1. The van der Waals surface area contributed by atoms with Crippen LogP contribution in [0.1, 0.15) is 17.7 Å². The van der Waals surface area contributed by atoms with Crippen LogP contribution in [-0.4, -0.2) is 39.0 Å². The fraction of sp³-hybridized carbons (Fsp3) is 0.312. The summed E-state index contributed by atoms with van der Waals surface area (Å²) in [5, 5.41) is 6.04. The van der Waals surface area contributed by atoms with Gasteiger partial charge in [-0.2, -0.15) is 0 Å². The van der Waals surface area contributed by atoms with E-state index < -0.39 is 22.5 Å². The van der Waals surface area contributed by atoms with Crippen LogP contribution in [0.15, 0.2) is 33.7 Å². The molecule has 0 bridgehead atoms. The highest BCUT2D eigenvalue weighted by Crippen LogP contribution is 2.28. The molecule has 0 unspecified atom stereocenters. The zero-order valence-electron chi connectivity index (χ0n) is 14.3. The monoisotopic (exact) mass is 378 g/mol. The summed E-state index contributed by atoms with van der Waals surface area (Å²) in [6.07, 6.45) is 0.813. The molecule has 0 saturated carbocycles. The Kier molecular flexibility index (Phi) is 4.79. The number of anilines is 2. The molecule has 9 nitrogen and oxygen atoms in total. The van der Waals surface area contributed by atoms with Gasteiger partial charge >= 0.3 is 0 Å². The number of benzene rings is 1. The third-order valence-corrected chi connectivity index (χ3v) is 5.42. The number of nitrogens with one attached hydrogen (secondary N) is 2. The summed E-state index contributed by atoms with van der Waals surface area (Å²) in [7, 11) is -2.21. The van der Waals surface area contributed by atoms with Gasteiger partial charge in [-0.15, -0.1) is 0 Å². The Labute approximate surface area is 150 Å². The number of hydrogen-bond acceptors (Lipinski definition) is 6. The molecule has 2 N–H and O–H groups in total. The van der Waals surface area contributed by atoms with Crippen molar-refractivity contribution in [2.75, 3.05) is 23.8 Å². The van der Waals surface area contributed by atoms with Crippen LogP contribution in [-0.2, 0) is 26.0 Å². The summed E-state index contributed by atoms with van der Waals surface area (Å²) in [4.78, 5) is 25.1. The molecule has 3 rings (SSSR count). The summed E-state index contributed by atoms with van der Waals surface area (Å²) < 4.78 is 31.9. The number of nitrogens with zero attached hydrogens (tertiary/aromatic N) is 2. The van der Waals surface area contributed by atoms with Crippen molar-refractivity contribution in [1.29, 1.82) is 0 Å². The van der Waals surface area contributed by atoms with Crippen molar-refractivity contribution in [2.45, 2.75) is 24.7 Å². The Morgan fingerprint density at radius 3 is 2.77 bits per heavy atom. The third kappa shape index (κ3) is 3.75. The molecule has 1 aliphatic rings. The molecule has 2 aromatic rings. The van der Waals surface area contributed by atoms with Crippen LogP contribution in [0.5, 0.6) is 0 Å². The number of carbonyl (C=O) groups excluding carboxylic acids is 2. The fourth-order valence-electron chi connectivity index (χ4n) is 2.66. The number of amides is 2. The van der Waals surface area contributed by atoms with Crippen molar-refractivity contribution in [3.05, 3.63) is 35.6 Å². The Balaban J connectivity index is 1.68. The van der Waals surface area contributed by atoms with Crippen LogP contribution in [0, 0.1) is 6.92 Å². The van der Waals surface area contributed by atoms with Crippen LogP contribution in [0.25, 0.3) is 0 Å². The van der Waals surface area contributed by atoms with E-state index in [0.717, 1.165) is 5.56 Å². The van der Waals surface area contributed by atoms with Gasteiger partial charge in [-0.3, -0.25) is 9.59 Å². The van der Waals surface area contributed by atoms with Crippen LogP contribution >= 0.6 is 0 Å². The summed E-state index contributed by atoms with van der Waals surface area (Å²) in [6, 6.07) is 6.06. The predicted octanol–water partition coefficient (Wildman–Crippen LogP) is 0.809. The van der Waals surface area contributed by atoms with Crippen molar-refractivity contribution in [3.8, 4) is 0 Å². The molecule has 1 aliphatic heterocycles. The average Bonchev–Trinajstić information content (AvgIpc) is 3.01. The fourth-order valence-corrected chi connectivity index (χ4v) is 3.69. The normalized spacial score (nSPS) is 14.2. The van der Waals surface area contributed by atoms with Gasteiger partial charge < -0.3 is 14.7 Å². The standard InChI is InChI=1S/C16H18N4O5S/c1-10-7-14(19-25-10)18-15(21)9-17-26(23,24)12-4-5-13-11(8-12)3-6-16(22)20(13)2/h4-5,7-8,17H,3,6,9H2,1-2H3,(H,18,19,21). The number of carbonyl (C=O) groups is 2. The number of rotatable bonds is 5. The molecule has 0 saturated heterocycles. The van der Waals surface area contributed by atoms with E-state index in [0.29, 0.717) is 24.3 Å². The molecule has 2 heterocycles. The van der Waals surface area contributed by atoms with Gasteiger partial charge in [0.25, 0.3) is 0 Å². The minimum Gasteiger partial charge on any atom is -0.360 e. The van der Waals surface area contributed by atoms with Gasteiger partial charge in [0, 0.05) is 25.2 Å². The van der Waals surface area contributed by atoms with E-state index in [1.54, 1.807) is 20.0 Å². The van der Waals surface area contributed by atoms with Crippen LogP contribution in [0.2, 0.25) is 0 Å². The van der Waals surface area contributed by atoms with Gasteiger partial charge in [-0.05, 0) is 37.1 Å². The minimum atomic E-state index is -3.87. The highest BCUT2D eigenvalue weighted by molar-refractivity contribution is 7.89. The molecule has 1 aromatic carbocycles. The first-order chi connectivity index (χ1) is 12.3. The topological polar surface area (TPSA) is 122 Å². The second-order valence-electron chi connectivity index (χ2n) is 5.94. The van der Waals surface area contributed by atoms with Gasteiger partial charge in [0.2, 0.25) is 21.8 Å². The van der Waals surface area contributed by atoms with Crippen LogP contribution < -0.4 is 14.9 Å². The minimum absolute atomic E-state index is 0.00834. The van der Waals surface area contributed by atoms with E-state index in [2.05, 4.69) is 15.2 Å². The van der Waals surface area contributed by atoms with Gasteiger partial charge in [0.05, 0.1) is 11.4 Å². The number of sulfonamides is 1. The van der Waals surface area contributed by atoms with Gasteiger partial charge in [-0.1, -0.05) is 5.16 Å². The van der Waals surface area contributed by atoms with Crippen molar-refractivity contribution < 1.29 is 22.5 Å². The molecule has 138 valence electrons. The highest BCUT2D eigenvalue weighted by atomic mass is 32.2. The summed E-state index contributed by atoms with van der Waals surface area (Å²) >= 11 is 0. The van der Waals surface area contributed by atoms with Crippen LogP contribution in [0.4, 0.5) is 11.5 Å². The number of fused-ring (bicyclic) bond motifs is 1. The molecule has 10 heteroatoms. The predicted molar refractivity (Wildman–Crippen MR) is 93.2 cm³/mol. The van der Waals surface area contributed by atoms with Gasteiger partial charge in [0.1, 0.15) is 5.76 Å². The van der Waals surface area contributed by atoms with E-state index >= 15 is 0 Å². The van der Waals surface area contributed by atoms with Crippen molar-refractivity contribution in [1.82, 2.24) is 9.88 Å². The van der Waals surface area contributed by atoms with E-state index in [-0.39, 0.29) is 16.6 Å². The molecule has 0 spiro atoms. The first-order valence-electron chi connectivity index (χ1n) is 7.88. The average molecular weight is 378 g/mol. The van der Waals surface area contributed by atoms with E-state index in [1.807, 2.05) is 0 Å². The first kappa shape index (κ1) is 18.1. The first-order valence-corrected chi connectivity index (χ1v) is 9.37. The Hall–Kier alpha value is -2.72. The largest absolute Gasteiger partial charge is 0.360 e. The lowest BCUT2D eigenvalue weighted by molar-refractivity contribution is -0.118. The van der Waals surface area contributed by atoms with Gasteiger partial charge in [0.15, 0.2) is 5.82 Å². The maximum Gasteiger partial charge on any atom is 0.241 e. The Bertz CT molecular complexity index is 967. The quantitative estimate of drug-likeness (QED) is 0.794. The molecule has 0 atom stereocenters. The lowest BCUT2D eigenvalue weighted by Crippen LogP contribution is -2.34. The van der Waals surface area contributed by atoms with Crippen molar-refractivity contribution in [2.24, 2.45) is 0 Å². The van der Waals surface area contributed by atoms with E-state index in [9.17, 15) is 18.0 Å². The smallest absolute Gasteiger partial charge is 0.241 e.